The van der Waals surface area contributed by atoms with Gasteiger partial charge in [-0.05, 0) is 30.3 Å². The highest BCUT2D eigenvalue weighted by molar-refractivity contribution is 8.26. The summed E-state index contributed by atoms with van der Waals surface area (Å²) in [6.45, 7) is 0. The molecular weight excluding hydrogens is 358 g/mol. The third-order valence-corrected chi connectivity index (χ3v) is 4.51. The number of carbonyl (C=O) groups excluding carboxylic acids is 1. The van der Waals surface area contributed by atoms with Gasteiger partial charge >= 0.3 is 5.97 Å². The topological polar surface area (TPSA) is 79.5 Å². The van der Waals surface area contributed by atoms with E-state index in [1.54, 1.807) is 18.2 Å². The number of carboxylic acid groups (broad SMARTS) is 1. The van der Waals surface area contributed by atoms with E-state index in [-0.39, 0.29) is 11.5 Å². The van der Waals surface area contributed by atoms with Gasteiger partial charge in [0.05, 0.1) is 15.5 Å². The summed E-state index contributed by atoms with van der Waals surface area (Å²) in [6.07, 6.45) is 1.57. The van der Waals surface area contributed by atoms with E-state index < -0.39 is 5.97 Å². The Morgan fingerprint density at radius 2 is 2.13 bits per heavy atom. The van der Waals surface area contributed by atoms with E-state index in [0.29, 0.717) is 31.3 Å². The molecule has 1 aromatic heterocycles. The quantitative estimate of drug-likeness (QED) is 0.636. The van der Waals surface area contributed by atoms with Gasteiger partial charge in [0, 0.05) is 11.6 Å². The Morgan fingerprint density at radius 3 is 2.78 bits per heavy atom. The first-order valence-corrected chi connectivity index (χ1v) is 7.92. The van der Waals surface area contributed by atoms with E-state index in [1.165, 1.54) is 18.2 Å². The van der Waals surface area contributed by atoms with Crippen molar-refractivity contribution in [1.82, 2.24) is 5.32 Å². The second-order valence-corrected chi connectivity index (χ2v) is 6.68. The fourth-order valence-electron chi connectivity index (χ4n) is 1.97. The van der Waals surface area contributed by atoms with Gasteiger partial charge in [-0.25, -0.2) is 4.79 Å². The van der Waals surface area contributed by atoms with Crippen LogP contribution >= 0.6 is 35.6 Å². The Labute approximate surface area is 145 Å². The van der Waals surface area contributed by atoms with Crippen LogP contribution in [0.1, 0.15) is 16.1 Å². The number of rotatable bonds is 3. The highest BCUT2D eigenvalue weighted by Crippen LogP contribution is 2.32. The molecule has 1 saturated heterocycles. The molecule has 116 valence electrons. The summed E-state index contributed by atoms with van der Waals surface area (Å²) in [7, 11) is 0. The van der Waals surface area contributed by atoms with Crippen LogP contribution in [0.4, 0.5) is 0 Å². The van der Waals surface area contributed by atoms with Crippen molar-refractivity contribution in [3.63, 3.8) is 0 Å². The third kappa shape index (κ3) is 3.31. The second kappa shape index (κ2) is 6.19. The molecule has 2 aromatic rings. The lowest BCUT2D eigenvalue weighted by Crippen LogP contribution is -2.17. The van der Waals surface area contributed by atoms with Crippen LogP contribution in [-0.4, -0.2) is 21.3 Å². The maximum absolute atomic E-state index is 11.6. The Hall–Kier alpha value is -2.09. The Bertz CT molecular complexity index is 872. The number of benzene rings is 1. The van der Waals surface area contributed by atoms with Crippen LogP contribution in [0, 0.1) is 0 Å². The van der Waals surface area contributed by atoms with Crippen LogP contribution in [-0.2, 0) is 4.79 Å². The summed E-state index contributed by atoms with van der Waals surface area (Å²) < 4.78 is 6.03. The van der Waals surface area contributed by atoms with Crippen molar-refractivity contribution in [3.05, 3.63) is 51.6 Å². The van der Waals surface area contributed by atoms with Gasteiger partial charge in [-0.15, -0.1) is 0 Å². The number of hydrogen-bond donors (Lipinski definition) is 2. The van der Waals surface area contributed by atoms with E-state index in [1.807, 2.05) is 0 Å². The van der Waals surface area contributed by atoms with Gasteiger partial charge in [0.1, 0.15) is 15.8 Å². The van der Waals surface area contributed by atoms with Crippen LogP contribution in [0.25, 0.3) is 17.4 Å². The van der Waals surface area contributed by atoms with Crippen LogP contribution in [0.15, 0.2) is 39.7 Å². The number of halogens is 1. The number of aromatic carboxylic acids is 1. The zero-order valence-electron chi connectivity index (χ0n) is 11.3. The fourth-order valence-corrected chi connectivity index (χ4v) is 3.21. The molecule has 1 aliphatic heterocycles. The van der Waals surface area contributed by atoms with Crippen molar-refractivity contribution in [2.24, 2.45) is 0 Å². The maximum Gasteiger partial charge on any atom is 0.335 e. The predicted molar refractivity (Wildman–Crippen MR) is 92.4 cm³/mol. The largest absolute Gasteiger partial charge is 0.478 e. The molecule has 2 heterocycles. The highest BCUT2D eigenvalue weighted by atomic mass is 35.5. The van der Waals surface area contributed by atoms with Crippen molar-refractivity contribution in [3.8, 4) is 11.3 Å². The molecule has 1 aromatic carbocycles. The summed E-state index contributed by atoms with van der Waals surface area (Å²) in [5, 5.41) is 11.9. The van der Waals surface area contributed by atoms with Crippen LogP contribution < -0.4 is 5.32 Å². The predicted octanol–water partition coefficient (Wildman–Crippen LogP) is 3.79. The van der Waals surface area contributed by atoms with Crippen LogP contribution in [0.2, 0.25) is 5.02 Å². The average Bonchev–Trinajstić information content (AvgIpc) is 3.06. The second-order valence-electron chi connectivity index (χ2n) is 4.55. The SMILES string of the molecule is O=C1NC(=S)SC1=Cc1ccc(-c2cc(C(=O)O)ccc2Cl)o1. The van der Waals surface area contributed by atoms with Gasteiger partial charge in [-0.2, -0.15) is 0 Å². The molecule has 23 heavy (non-hydrogen) atoms. The number of carbonyl (C=O) groups is 2. The first-order chi connectivity index (χ1) is 10.9. The molecule has 1 fully saturated rings. The molecular formula is C15H8ClNO4S2. The summed E-state index contributed by atoms with van der Waals surface area (Å²) in [5.74, 6) is -0.469. The summed E-state index contributed by atoms with van der Waals surface area (Å²) in [5.41, 5.74) is 0.576. The first kappa shape index (κ1) is 15.8. The minimum atomic E-state index is -1.05. The molecule has 0 radical (unpaired) electrons. The Balaban J connectivity index is 1.95. The minimum Gasteiger partial charge on any atom is -0.478 e. The lowest BCUT2D eigenvalue weighted by Gasteiger charge is -2.02. The van der Waals surface area contributed by atoms with Crippen molar-refractivity contribution < 1.29 is 19.1 Å². The average molecular weight is 366 g/mol. The van der Waals surface area contributed by atoms with Gasteiger partial charge in [0.2, 0.25) is 0 Å². The highest BCUT2D eigenvalue weighted by Gasteiger charge is 2.22. The van der Waals surface area contributed by atoms with E-state index in [0.717, 1.165) is 11.8 Å². The number of thiocarbonyl (C=S) groups is 1. The zero-order valence-corrected chi connectivity index (χ0v) is 13.7. The molecule has 0 unspecified atom stereocenters. The van der Waals surface area contributed by atoms with Gasteiger partial charge < -0.3 is 14.8 Å². The Morgan fingerprint density at radius 1 is 1.35 bits per heavy atom. The first-order valence-electron chi connectivity index (χ1n) is 6.32. The summed E-state index contributed by atoms with van der Waals surface area (Å²) in [6, 6.07) is 7.68. The number of amides is 1. The smallest absolute Gasteiger partial charge is 0.335 e. The molecule has 5 nitrogen and oxygen atoms in total. The maximum atomic E-state index is 11.6. The van der Waals surface area contributed by atoms with E-state index >= 15 is 0 Å². The Kier molecular flexibility index (Phi) is 4.25. The van der Waals surface area contributed by atoms with Gasteiger partial charge in [0.15, 0.2) is 0 Å². The van der Waals surface area contributed by atoms with Gasteiger partial charge in [-0.1, -0.05) is 35.6 Å². The number of nitrogens with one attached hydrogen (secondary N) is 1. The summed E-state index contributed by atoms with van der Waals surface area (Å²) in [4.78, 5) is 23.1. The van der Waals surface area contributed by atoms with Gasteiger partial charge in [-0.3, -0.25) is 4.79 Å². The lowest BCUT2D eigenvalue weighted by atomic mass is 10.1. The van der Waals surface area contributed by atoms with Crippen LogP contribution in [0.5, 0.6) is 0 Å². The minimum absolute atomic E-state index is 0.108. The van der Waals surface area contributed by atoms with Crippen molar-refractivity contribution >= 4 is 57.9 Å². The molecule has 0 spiro atoms. The van der Waals surface area contributed by atoms with Crippen LogP contribution in [0.3, 0.4) is 0 Å². The van der Waals surface area contributed by atoms with Crippen molar-refractivity contribution in [2.75, 3.05) is 0 Å². The molecule has 0 aliphatic carbocycles. The molecule has 1 aliphatic rings. The molecule has 3 rings (SSSR count). The standard InChI is InChI=1S/C15H8ClNO4S2/c16-10-3-1-7(14(19)20)5-9(10)11-4-2-8(21-11)6-12-13(18)17-15(22)23-12/h1-6H,(H,19,20)(H,17,18,22). The third-order valence-electron chi connectivity index (χ3n) is 3.02. The molecule has 0 atom stereocenters. The van der Waals surface area contributed by atoms with Gasteiger partial charge in [0.25, 0.3) is 5.91 Å². The monoisotopic (exact) mass is 365 g/mol. The normalized spacial score (nSPS) is 16.0. The van der Waals surface area contributed by atoms with E-state index in [9.17, 15) is 9.59 Å². The van der Waals surface area contributed by atoms with Crippen molar-refractivity contribution in [2.45, 2.75) is 0 Å². The molecule has 8 heteroatoms. The number of carboxylic acids is 1. The fraction of sp³-hybridized carbons (Fsp3) is 0. The number of thioether (sulfide) groups is 1. The van der Waals surface area contributed by atoms with E-state index in [2.05, 4.69) is 5.32 Å². The molecule has 0 bridgehead atoms. The summed E-state index contributed by atoms with van der Waals surface area (Å²) >= 11 is 12.2. The van der Waals surface area contributed by atoms with Crippen molar-refractivity contribution in [1.29, 1.82) is 0 Å². The molecule has 1 amide bonds. The molecule has 0 saturated carbocycles. The lowest BCUT2D eigenvalue weighted by molar-refractivity contribution is -0.115. The zero-order chi connectivity index (χ0) is 16.6. The molecule has 2 N–H and O–H groups in total. The number of hydrogen-bond acceptors (Lipinski definition) is 5. The van der Waals surface area contributed by atoms with E-state index in [4.69, 9.17) is 33.3 Å². The number of furan rings is 1.